The van der Waals surface area contributed by atoms with Gasteiger partial charge in [0, 0.05) is 5.75 Å². The lowest BCUT2D eigenvalue weighted by atomic mass is 10.2. The van der Waals surface area contributed by atoms with Crippen molar-refractivity contribution in [2.75, 3.05) is 0 Å². The summed E-state index contributed by atoms with van der Waals surface area (Å²) in [5.41, 5.74) is 2.22. The van der Waals surface area contributed by atoms with Crippen molar-refractivity contribution in [2.24, 2.45) is 0 Å². The molecule has 1 aromatic heterocycles. The van der Waals surface area contributed by atoms with Gasteiger partial charge in [-0.2, -0.15) is 17.7 Å². The van der Waals surface area contributed by atoms with Gasteiger partial charge in [0.1, 0.15) is 12.7 Å². The van der Waals surface area contributed by atoms with Crippen LogP contribution in [0.3, 0.4) is 0 Å². The molecule has 4 heteroatoms. The summed E-state index contributed by atoms with van der Waals surface area (Å²) in [6.45, 7) is 0. The Balaban J connectivity index is 2.33. The molecule has 0 bridgehead atoms. The van der Waals surface area contributed by atoms with Gasteiger partial charge < -0.3 is 0 Å². The Bertz CT molecular complexity index is 366. The quantitative estimate of drug-likeness (QED) is 0.732. The van der Waals surface area contributed by atoms with Crippen molar-refractivity contribution in [3.05, 3.63) is 42.5 Å². The van der Waals surface area contributed by atoms with Crippen LogP contribution in [0.5, 0.6) is 0 Å². The molecule has 0 amide bonds. The Hall–Kier alpha value is -1.29. The van der Waals surface area contributed by atoms with Gasteiger partial charge in [0.05, 0.1) is 5.69 Å². The molecule has 0 saturated heterocycles. The highest BCUT2D eigenvalue weighted by Gasteiger charge is 1.95. The predicted molar refractivity (Wildman–Crippen MR) is 54.0 cm³/mol. The summed E-state index contributed by atoms with van der Waals surface area (Å²) in [5, 5.41) is 4.03. The Labute approximate surface area is 81.8 Å². The van der Waals surface area contributed by atoms with E-state index >= 15 is 0 Å². The van der Waals surface area contributed by atoms with Crippen LogP contribution < -0.4 is 0 Å². The van der Waals surface area contributed by atoms with E-state index in [-0.39, 0.29) is 0 Å². The Morgan fingerprint density at radius 3 is 2.54 bits per heavy atom. The fourth-order valence-electron chi connectivity index (χ4n) is 1.10. The van der Waals surface area contributed by atoms with Gasteiger partial charge in [-0.15, -0.1) is 0 Å². The molecule has 0 unspecified atom stereocenters. The fourth-order valence-corrected chi connectivity index (χ4v) is 1.31. The van der Waals surface area contributed by atoms with Crippen LogP contribution in [0.15, 0.2) is 36.9 Å². The number of nitrogens with zero attached hydrogens (tertiary/aromatic N) is 3. The second-order valence-electron chi connectivity index (χ2n) is 2.66. The van der Waals surface area contributed by atoms with E-state index in [0.717, 1.165) is 11.4 Å². The van der Waals surface area contributed by atoms with Crippen LogP contribution in [0.1, 0.15) is 5.56 Å². The van der Waals surface area contributed by atoms with E-state index in [9.17, 15) is 0 Å². The second kappa shape index (κ2) is 3.62. The van der Waals surface area contributed by atoms with E-state index in [1.165, 1.54) is 11.9 Å². The van der Waals surface area contributed by atoms with Crippen molar-refractivity contribution >= 4 is 12.6 Å². The summed E-state index contributed by atoms with van der Waals surface area (Å²) in [6, 6.07) is 8.06. The molecule has 2 aromatic rings. The molecule has 13 heavy (non-hydrogen) atoms. The van der Waals surface area contributed by atoms with Crippen LogP contribution in [0, 0.1) is 0 Å². The van der Waals surface area contributed by atoms with E-state index < -0.39 is 0 Å². The maximum Gasteiger partial charge on any atom is 0.138 e. The average molecular weight is 191 g/mol. The second-order valence-corrected chi connectivity index (χ2v) is 2.98. The Kier molecular flexibility index (Phi) is 2.31. The normalized spacial score (nSPS) is 10.2. The molecule has 0 saturated carbocycles. The monoisotopic (exact) mass is 191 g/mol. The molecule has 0 spiro atoms. The molecule has 3 nitrogen and oxygen atoms in total. The number of thiol groups is 1. The zero-order valence-electron chi connectivity index (χ0n) is 6.96. The van der Waals surface area contributed by atoms with Crippen LogP contribution in [0.25, 0.3) is 5.69 Å². The van der Waals surface area contributed by atoms with Gasteiger partial charge in [-0.1, -0.05) is 12.1 Å². The molecule has 0 aliphatic heterocycles. The molecular formula is C9H9N3S. The molecule has 0 radical (unpaired) electrons. The molecule has 0 N–H and O–H groups in total. The van der Waals surface area contributed by atoms with Crippen molar-refractivity contribution in [1.82, 2.24) is 14.8 Å². The highest BCUT2D eigenvalue weighted by molar-refractivity contribution is 7.79. The Morgan fingerprint density at radius 1 is 1.23 bits per heavy atom. The molecule has 2 rings (SSSR count). The zero-order chi connectivity index (χ0) is 9.10. The number of hydrogen-bond acceptors (Lipinski definition) is 3. The van der Waals surface area contributed by atoms with E-state index in [4.69, 9.17) is 0 Å². The van der Waals surface area contributed by atoms with Crippen LogP contribution in [0.4, 0.5) is 0 Å². The van der Waals surface area contributed by atoms with E-state index in [0.29, 0.717) is 0 Å². The van der Waals surface area contributed by atoms with Gasteiger partial charge >= 0.3 is 0 Å². The van der Waals surface area contributed by atoms with Gasteiger partial charge in [-0.25, -0.2) is 9.67 Å². The van der Waals surface area contributed by atoms with Gasteiger partial charge in [0.2, 0.25) is 0 Å². The first kappa shape index (κ1) is 8.31. The van der Waals surface area contributed by atoms with E-state index in [2.05, 4.69) is 22.7 Å². The van der Waals surface area contributed by atoms with E-state index in [1.54, 1.807) is 11.0 Å². The summed E-state index contributed by atoms with van der Waals surface area (Å²) < 4.78 is 1.72. The molecule has 1 aromatic carbocycles. The smallest absolute Gasteiger partial charge is 0.138 e. The van der Waals surface area contributed by atoms with Crippen LogP contribution in [-0.2, 0) is 5.75 Å². The van der Waals surface area contributed by atoms with Gasteiger partial charge in [-0.05, 0) is 17.7 Å². The third-order valence-corrected chi connectivity index (χ3v) is 2.17. The topological polar surface area (TPSA) is 30.7 Å². The largest absolute Gasteiger partial charge is 0.223 e. The molecule has 0 fully saturated rings. The minimum atomic E-state index is 0.762. The first-order valence-electron chi connectivity index (χ1n) is 3.95. The number of aromatic nitrogens is 3. The molecular weight excluding hydrogens is 182 g/mol. The third-order valence-electron chi connectivity index (χ3n) is 1.80. The molecule has 1 heterocycles. The maximum absolute atomic E-state index is 4.18. The highest BCUT2D eigenvalue weighted by atomic mass is 32.1. The minimum absolute atomic E-state index is 0.762. The standard InChI is InChI=1S/C9H9N3S/c13-5-8-1-3-9(4-2-8)12-7-10-6-11-12/h1-4,6-7,13H,5H2. The predicted octanol–water partition coefficient (Wildman–Crippen LogP) is 1.70. The fraction of sp³-hybridized carbons (Fsp3) is 0.111. The van der Waals surface area contributed by atoms with Crippen LogP contribution in [-0.4, -0.2) is 14.8 Å². The lowest BCUT2D eigenvalue weighted by molar-refractivity contribution is 0.878. The molecule has 0 aliphatic rings. The summed E-state index contributed by atoms with van der Waals surface area (Å²) in [5.74, 6) is 0.762. The number of rotatable bonds is 2. The van der Waals surface area contributed by atoms with Crippen LogP contribution >= 0.6 is 12.6 Å². The summed E-state index contributed by atoms with van der Waals surface area (Å²) in [4.78, 5) is 3.88. The van der Waals surface area contributed by atoms with Crippen molar-refractivity contribution in [3.8, 4) is 5.69 Å². The SMILES string of the molecule is SCc1ccc(-n2cncn2)cc1. The van der Waals surface area contributed by atoms with Crippen molar-refractivity contribution in [2.45, 2.75) is 5.75 Å². The summed E-state index contributed by atoms with van der Waals surface area (Å²) in [6.07, 6.45) is 3.20. The molecule has 0 atom stereocenters. The maximum atomic E-state index is 4.18. The lowest BCUT2D eigenvalue weighted by Crippen LogP contribution is -1.93. The third kappa shape index (κ3) is 1.72. The summed E-state index contributed by atoms with van der Waals surface area (Å²) >= 11 is 4.18. The zero-order valence-corrected chi connectivity index (χ0v) is 7.85. The minimum Gasteiger partial charge on any atom is -0.223 e. The van der Waals surface area contributed by atoms with E-state index in [1.807, 2.05) is 24.3 Å². The number of hydrogen-bond donors (Lipinski definition) is 1. The van der Waals surface area contributed by atoms with Crippen molar-refractivity contribution < 1.29 is 0 Å². The lowest BCUT2D eigenvalue weighted by Gasteiger charge is -2.00. The van der Waals surface area contributed by atoms with Gasteiger partial charge in [0.15, 0.2) is 0 Å². The summed E-state index contributed by atoms with van der Waals surface area (Å²) in [7, 11) is 0. The van der Waals surface area contributed by atoms with Gasteiger partial charge in [-0.3, -0.25) is 0 Å². The van der Waals surface area contributed by atoms with Crippen molar-refractivity contribution in [3.63, 3.8) is 0 Å². The average Bonchev–Trinajstić information content (AvgIpc) is 2.71. The molecule has 66 valence electrons. The van der Waals surface area contributed by atoms with Crippen molar-refractivity contribution in [1.29, 1.82) is 0 Å². The van der Waals surface area contributed by atoms with Gasteiger partial charge in [0.25, 0.3) is 0 Å². The Morgan fingerprint density at radius 2 is 2.00 bits per heavy atom. The van der Waals surface area contributed by atoms with Crippen LogP contribution in [0.2, 0.25) is 0 Å². The molecule has 0 aliphatic carbocycles. The highest BCUT2D eigenvalue weighted by Crippen LogP contribution is 2.09. The number of benzene rings is 1. The first-order chi connectivity index (χ1) is 6.40. The first-order valence-corrected chi connectivity index (χ1v) is 4.58.